The van der Waals surface area contributed by atoms with Crippen LogP contribution in [0.1, 0.15) is 35.3 Å². The zero-order chi connectivity index (χ0) is 17.7. The molecule has 124 valence electrons. The number of carbonyl (C=O) groups is 1. The minimum atomic E-state index is -0.608. The molecule has 0 spiro atoms. The van der Waals surface area contributed by atoms with Crippen LogP contribution < -0.4 is 0 Å². The summed E-state index contributed by atoms with van der Waals surface area (Å²) in [4.78, 5) is 12.2. The second kappa shape index (κ2) is 7.73. The molecule has 0 bridgehead atoms. The van der Waals surface area contributed by atoms with Gasteiger partial charge < -0.3 is 0 Å². The first kappa shape index (κ1) is 17.7. The van der Waals surface area contributed by atoms with E-state index in [4.69, 9.17) is 0 Å². The predicted octanol–water partition coefficient (Wildman–Crippen LogP) is 4.54. The number of hydrogen-bond donors (Lipinski definition) is 0. The molecule has 0 amide bonds. The van der Waals surface area contributed by atoms with Gasteiger partial charge in [0.1, 0.15) is 17.3 Å². The third-order valence-electron chi connectivity index (χ3n) is 3.55. The first-order valence-electron chi connectivity index (χ1n) is 7.50. The lowest BCUT2D eigenvalue weighted by atomic mass is 10.0. The number of benzene rings is 2. The summed E-state index contributed by atoms with van der Waals surface area (Å²) in [5.41, 5.74) is 2.20. The Morgan fingerprint density at radius 1 is 1.04 bits per heavy atom. The molecule has 0 saturated carbocycles. The number of ketones is 1. The molecular weight excluding hydrogens is 310 g/mol. The number of carbonyl (C=O) groups excluding carboxylic acids is 1. The minimum absolute atomic E-state index is 0.203. The fourth-order valence-corrected chi connectivity index (χ4v) is 2.25. The van der Waals surface area contributed by atoms with Crippen molar-refractivity contribution in [3.63, 3.8) is 0 Å². The van der Waals surface area contributed by atoms with Crippen LogP contribution in [-0.2, 0) is 6.42 Å². The van der Waals surface area contributed by atoms with E-state index >= 15 is 0 Å². The Labute approximate surface area is 139 Å². The Morgan fingerprint density at radius 2 is 1.71 bits per heavy atom. The summed E-state index contributed by atoms with van der Waals surface area (Å²) in [6.45, 7) is 4.91. The minimum Gasteiger partial charge on any atom is -0.287 e. The fourth-order valence-electron chi connectivity index (χ4n) is 2.25. The highest BCUT2D eigenvalue weighted by Gasteiger charge is 2.11. The van der Waals surface area contributed by atoms with Crippen molar-refractivity contribution in [2.24, 2.45) is 10.2 Å². The van der Waals surface area contributed by atoms with Crippen molar-refractivity contribution >= 4 is 17.2 Å². The fraction of sp³-hybridized carbons (Fsp3) is 0.211. The molecule has 0 aliphatic rings. The second-order valence-corrected chi connectivity index (χ2v) is 5.58. The van der Waals surface area contributed by atoms with Crippen LogP contribution >= 0.6 is 0 Å². The van der Waals surface area contributed by atoms with E-state index in [0.29, 0.717) is 22.4 Å². The quantitative estimate of drug-likeness (QED) is 0.451. The van der Waals surface area contributed by atoms with Gasteiger partial charge in [0, 0.05) is 23.8 Å². The van der Waals surface area contributed by atoms with Gasteiger partial charge >= 0.3 is 0 Å². The van der Waals surface area contributed by atoms with E-state index in [0.717, 1.165) is 6.07 Å². The molecule has 24 heavy (non-hydrogen) atoms. The molecule has 2 rings (SSSR count). The van der Waals surface area contributed by atoms with Crippen molar-refractivity contribution in [1.82, 2.24) is 0 Å². The molecule has 0 heterocycles. The largest absolute Gasteiger partial charge is 0.287 e. The monoisotopic (exact) mass is 328 g/mol. The van der Waals surface area contributed by atoms with E-state index in [-0.39, 0.29) is 17.9 Å². The lowest BCUT2D eigenvalue weighted by molar-refractivity contribution is 0.106. The van der Waals surface area contributed by atoms with Crippen molar-refractivity contribution < 1.29 is 13.6 Å². The molecule has 0 unspecified atom stereocenters. The SMILES string of the molecule is CC(Cc1c(C)cc(F)cc1F)=NN=C(C)C(=O)c1ccccc1. The highest BCUT2D eigenvalue weighted by Crippen LogP contribution is 2.16. The molecule has 0 saturated heterocycles. The maximum atomic E-state index is 13.8. The Kier molecular flexibility index (Phi) is 5.68. The van der Waals surface area contributed by atoms with E-state index in [1.807, 2.05) is 6.07 Å². The van der Waals surface area contributed by atoms with E-state index in [1.54, 1.807) is 45.0 Å². The summed E-state index contributed by atoms with van der Waals surface area (Å²) < 4.78 is 27.0. The van der Waals surface area contributed by atoms with Crippen LogP contribution in [0.25, 0.3) is 0 Å². The molecule has 0 fully saturated rings. The molecular formula is C19H18F2N2O. The standard InChI is InChI=1S/C19H18F2N2O/c1-12-9-16(20)11-18(21)17(12)10-13(2)22-23-14(3)19(24)15-7-5-4-6-8-15/h4-9,11H,10H2,1-3H3. The maximum absolute atomic E-state index is 13.8. The van der Waals surface area contributed by atoms with Gasteiger partial charge in [-0.3, -0.25) is 4.79 Å². The Morgan fingerprint density at radius 3 is 2.33 bits per heavy atom. The van der Waals surface area contributed by atoms with E-state index in [1.165, 1.54) is 6.07 Å². The molecule has 0 aromatic heterocycles. The average Bonchev–Trinajstić information content (AvgIpc) is 2.56. The number of nitrogens with zero attached hydrogens (tertiary/aromatic N) is 2. The van der Waals surface area contributed by atoms with Crippen LogP contribution in [0.15, 0.2) is 52.7 Å². The molecule has 0 N–H and O–H groups in total. The van der Waals surface area contributed by atoms with Crippen LogP contribution in [-0.4, -0.2) is 17.2 Å². The van der Waals surface area contributed by atoms with Gasteiger partial charge in [-0.1, -0.05) is 30.3 Å². The van der Waals surface area contributed by atoms with Crippen LogP contribution in [0.5, 0.6) is 0 Å². The molecule has 2 aromatic carbocycles. The van der Waals surface area contributed by atoms with E-state index in [9.17, 15) is 13.6 Å². The number of hydrogen-bond acceptors (Lipinski definition) is 3. The van der Waals surface area contributed by atoms with Crippen molar-refractivity contribution in [2.45, 2.75) is 27.2 Å². The molecule has 0 atom stereocenters. The van der Waals surface area contributed by atoms with Crippen molar-refractivity contribution in [3.8, 4) is 0 Å². The lowest BCUT2D eigenvalue weighted by Crippen LogP contribution is -2.10. The zero-order valence-corrected chi connectivity index (χ0v) is 13.8. The highest BCUT2D eigenvalue weighted by molar-refractivity contribution is 6.45. The summed E-state index contributed by atoms with van der Waals surface area (Å²) in [6, 6.07) is 10.9. The third kappa shape index (κ3) is 4.41. The van der Waals surface area contributed by atoms with Gasteiger partial charge in [0.15, 0.2) is 0 Å². The maximum Gasteiger partial charge on any atom is 0.208 e. The smallest absolute Gasteiger partial charge is 0.208 e. The summed E-state index contributed by atoms with van der Waals surface area (Å²) >= 11 is 0. The predicted molar refractivity (Wildman–Crippen MR) is 91.8 cm³/mol. The van der Waals surface area contributed by atoms with Gasteiger partial charge in [0.25, 0.3) is 0 Å². The van der Waals surface area contributed by atoms with Crippen molar-refractivity contribution in [3.05, 3.63) is 70.8 Å². The number of Topliss-reactive ketones (excluding diaryl/α,β-unsaturated/α-hetero) is 1. The Hall–Kier alpha value is -2.69. The normalized spacial score (nSPS) is 12.4. The topological polar surface area (TPSA) is 41.8 Å². The number of halogens is 2. The van der Waals surface area contributed by atoms with E-state index in [2.05, 4.69) is 10.2 Å². The summed E-state index contributed by atoms with van der Waals surface area (Å²) in [7, 11) is 0. The molecule has 0 aliphatic carbocycles. The van der Waals surface area contributed by atoms with Gasteiger partial charge in [-0.05, 0) is 38.0 Å². The van der Waals surface area contributed by atoms with E-state index < -0.39 is 11.6 Å². The molecule has 2 aromatic rings. The first-order chi connectivity index (χ1) is 11.4. The zero-order valence-electron chi connectivity index (χ0n) is 13.8. The molecule has 0 radical (unpaired) electrons. The Bertz CT molecular complexity index is 788. The summed E-state index contributed by atoms with van der Waals surface area (Å²) in [5.74, 6) is -1.43. The second-order valence-electron chi connectivity index (χ2n) is 5.58. The number of rotatable bonds is 5. The highest BCUT2D eigenvalue weighted by atomic mass is 19.1. The molecule has 0 aliphatic heterocycles. The molecule has 5 heteroatoms. The average molecular weight is 328 g/mol. The number of aryl methyl sites for hydroxylation is 1. The van der Waals surface area contributed by atoms with Crippen molar-refractivity contribution in [1.29, 1.82) is 0 Å². The van der Waals surface area contributed by atoms with Crippen molar-refractivity contribution in [2.75, 3.05) is 0 Å². The summed E-state index contributed by atoms with van der Waals surface area (Å²) in [6.07, 6.45) is 0.203. The lowest BCUT2D eigenvalue weighted by Gasteiger charge is -2.07. The van der Waals surface area contributed by atoms with Gasteiger partial charge in [0.2, 0.25) is 5.78 Å². The van der Waals surface area contributed by atoms with Gasteiger partial charge in [-0.2, -0.15) is 10.2 Å². The first-order valence-corrected chi connectivity index (χ1v) is 7.50. The summed E-state index contributed by atoms with van der Waals surface area (Å²) in [5, 5.41) is 7.93. The van der Waals surface area contributed by atoms with Gasteiger partial charge in [-0.15, -0.1) is 0 Å². The van der Waals surface area contributed by atoms with Crippen LogP contribution in [0.2, 0.25) is 0 Å². The molecule has 3 nitrogen and oxygen atoms in total. The van der Waals surface area contributed by atoms with Gasteiger partial charge in [0.05, 0.1) is 0 Å². The Balaban J connectivity index is 2.15. The van der Waals surface area contributed by atoms with Crippen LogP contribution in [0.4, 0.5) is 8.78 Å². The van der Waals surface area contributed by atoms with Crippen LogP contribution in [0, 0.1) is 18.6 Å². The van der Waals surface area contributed by atoms with Gasteiger partial charge in [-0.25, -0.2) is 8.78 Å². The third-order valence-corrected chi connectivity index (χ3v) is 3.55. The van der Waals surface area contributed by atoms with Crippen LogP contribution in [0.3, 0.4) is 0 Å².